The van der Waals surface area contributed by atoms with Crippen LogP contribution in [0, 0.1) is 12.7 Å². The topological polar surface area (TPSA) is 205 Å². The summed E-state index contributed by atoms with van der Waals surface area (Å²) in [7, 11) is 0. The van der Waals surface area contributed by atoms with Gasteiger partial charge in [-0.1, -0.05) is 18.2 Å². The standard InChI is InChI=1S/C57H57FN10O8/c1-29-44(58)21-45-43(23-60-64-45)48(29)49-40(32-7-8-32)20-42-50(62-57(76-38-14-16-74-17-15-38)63-52(42)66-25-34-19-37(66)22-59-34)51(49)75-28-30-2-5-33(6-3-30)54(71)67-35-9-10-36(67)27-65(26-35)24-31-4-11-39-41(18-31)56(73)68(55(39)72)46-12-13-47(69)61-53(46)70/h2-6,11,18,20-21,23,32,34-38,46,59H,7-10,12-17,19,22,24-28H2,1H3,(H,60,64)(H,61,69,70)/t34-,35?,36?,37-,46?/m0/s1. The van der Waals surface area contributed by atoms with Crippen molar-refractivity contribution in [3.05, 3.63) is 106 Å². The molecule has 9 heterocycles. The summed E-state index contributed by atoms with van der Waals surface area (Å²) < 4.78 is 35.5. The van der Waals surface area contributed by atoms with Gasteiger partial charge in [0.15, 0.2) is 5.75 Å². The Morgan fingerprint density at radius 1 is 0.829 bits per heavy atom. The van der Waals surface area contributed by atoms with E-state index in [4.69, 9.17) is 24.2 Å². The summed E-state index contributed by atoms with van der Waals surface area (Å²) in [5, 5.41) is 14.9. The van der Waals surface area contributed by atoms with Crippen molar-refractivity contribution in [2.45, 2.75) is 120 Å². The zero-order chi connectivity index (χ0) is 51.5. The molecule has 0 spiro atoms. The highest BCUT2D eigenvalue weighted by Gasteiger charge is 2.47. The summed E-state index contributed by atoms with van der Waals surface area (Å²) in [6, 6.07) is 16.4. The predicted molar refractivity (Wildman–Crippen MR) is 275 cm³/mol. The van der Waals surface area contributed by atoms with E-state index >= 15 is 4.39 Å². The Bertz CT molecular complexity index is 3420. The molecule has 5 amide bonds. The molecule has 4 bridgehead atoms. The van der Waals surface area contributed by atoms with Crippen LogP contribution in [-0.2, 0) is 27.5 Å². The molecule has 4 aromatic carbocycles. The Hall–Kier alpha value is -7.35. The van der Waals surface area contributed by atoms with E-state index in [0.29, 0.717) is 72.4 Å². The fraction of sp³-hybridized carbons (Fsp3) is 0.439. The van der Waals surface area contributed by atoms with Crippen molar-refractivity contribution in [1.82, 2.24) is 45.5 Å². The maximum Gasteiger partial charge on any atom is 0.319 e. The number of piperidine rings is 1. The summed E-state index contributed by atoms with van der Waals surface area (Å²) >= 11 is 0. The first-order chi connectivity index (χ1) is 37.0. The highest BCUT2D eigenvalue weighted by Crippen LogP contribution is 2.53. The van der Waals surface area contributed by atoms with E-state index in [1.807, 2.05) is 42.2 Å². The van der Waals surface area contributed by atoms with Crippen molar-refractivity contribution in [1.29, 1.82) is 0 Å². The second kappa shape index (κ2) is 18.4. The highest BCUT2D eigenvalue weighted by molar-refractivity contribution is 6.23. The van der Waals surface area contributed by atoms with Crippen molar-refractivity contribution in [3.63, 3.8) is 0 Å². The average molecular weight is 1030 g/mol. The number of hydrogen-bond donors (Lipinski definition) is 3. The van der Waals surface area contributed by atoms with Crippen LogP contribution < -0.4 is 25.0 Å². The Labute approximate surface area is 436 Å². The van der Waals surface area contributed by atoms with E-state index in [1.54, 1.807) is 18.3 Å². The number of rotatable bonds is 12. The van der Waals surface area contributed by atoms with Crippen molar-refractivity contribution in [2.75, 3.05) is 44.3 Å². The lowest BCUT2D eigenvalue weighted by Gasteiger charge is -2.41. The number of amides is 5. The van der Waals surface area contributed by atoms with Crippen LogP contribution in [0.25, 0.3) is 32.9 Å². The van der Waals surface area contributed by atoms with Crippen molar-refractivity contribution in [3.8, 4) is 22.9 Å². The molecular formula is C57H57FN10O8. The second-order valence-corrected chi connectivity index (χ2v) is 22.0. The van der Waals surface area contributed by atoms with Crippen LogP contribution in [-0.4, -0.2) is 140 Å². The summed E-state index contributed by atoms with van der Waals surface area (Å²) in [5.74, 6) is -0.917. The van der Waals surface area contributed by atoms with Gasteiger partial charge in [0.1, 0.15) is 35.9 Å². The number of imide groups is 2. The van der Waals surface area contributed by atoms with Gasteiger partial charge in [0.25, 0.3) is 17.7 Å². The number of aromatic amines is 1. The number of fused-ring (bicyclic) bond motifs is 7. The fourth-order valence-electron chi connectivity index (χ4n) is 13.2. The lowest BCUT2D eigenvalue weighted by atomic mass is 9.88. The van der Waals surface area contributed by atoms with E-state index in [9.17, 15) is 24.0 Å². The van der Waals surface area contributed by atoms with E-state index in [0.717, 1.165) is 102 Å². The van der Waals surface area contributed by atoms with Gasteiger partial charge in [-0.3, -0.25) is 44.2 Å². The van der Waals surface area contributed by atoms with E-state index in [2.05, 4.69) is 36.7 Å². The maximum atomic E-state index is 16.1. The van der Waals surface area contributed by atoms with Crippen LogP contribution in [0.3, 0.4) is 0 Å². The van der Waals surface area contributed by atoms with Gasteiger partial charge in [-0.2, -0.15) is 15.1 Å². The summed E-state index contributed by atoms with van der Waals surface area (Å²) in [4.78, 5) is 83.9. The number of likely N-dealkylation sites (tertiary alicyclic amines) is 1. The number of nitrogens with one attached hydrogen (secondary N) is 3. The van der Waals surface area contributed by atoms with Crippen molar-refractivity contribution < 1.29 is 42.6 Å². The number of hydrogen-bond acceptors (Lipinski definition) is 14. The van der Waals surface area contributed by atoms with Crippen LogP contribution in [0.15, 0.2) is 60.8 Å². The molecule has 76 heavy (non-hydrogen) atoms. The van der Waals surface area contributed by atoms with Gasteiger partial charge in [0, 0.05) is 104 Å². The van der Waals surface area contributed by atoms with Crippen molar-refractivity contribution >= 4 is 57.2 Å². The molecule has 6 saturated heterocycles. The number of ether oxygens (including phenoxy) is 3. The summed E-state index contributed by atoms with van der Waals surface area (Å²) in [5.41, 5.74) is 7.04. The van der Waals surface area contributed by atoms with E-state index < -0.39 is 29.7 Å². The molecule has 5 atom stereocenters. The minimum atomic E-state index is -1.02. The number of piperazine rings is 2. The third kappa shape index (κ3) is 8.07. The maximum absolute atomic E-state index is 16.1. The lowest BCUT2D eigenvalue weighted by molar-refractivity contribution is -0.136. The van der Waals surface area contributed by atoms with Crippen molar-refractivity contribution in [2.24, 2.45) is 0 Å². The first-order valence-corrected chi connectivity index (χ1v) is 26.9. The molecule has 1 saturated carbocycles. The molecule has 14 rings (SSSR count). The van der Waals surface area contributed by atoms with Gasteiger partial charge in [0.05, 0.1) is 36.1 Å². The summed E-state index contributed by atoms with van der Waals surface area (Å²) in [6.45, 7) is 6.65. The molecule has 19 heteroatoms. The molecule has 3 N–H and O–H groups in total. The zero-order valence-electron chi connectivity index (χ0n) is 42.1. The van der Waals surface area contributed by atoms with E-state index in [-0.39, 0.29) is 78.5 Å². The number of aromatic nitrogens is 4. The molecule has 1 aliphatic carbocycles. The van der Waals surface area contributed by atoms with Crippen LogP contribution in [0.1, 0.15) is 117 Å². The number of H-pyrrole nitrogens is 1. The first kappa shape index (κ1) is 47.1. The number of halogens is 1. The molecule has 6 aromatic rings. The Balaban J connectivity index is 0.740. The average Bonchev–Trinajstić information content (AvgIpc) is 3.65. The third-order valence-corrected chi connectivity index (χ3v) is 17.2. The van der Waals surface area contributed by atoms with Gasteiger partial charge in [0.2, 0.25) is 11.8 Å². The molecule has 3 unspecified atom stereocenters. The Morgan fingerprint density at radius 3 is 2.34 bits per heavy atom. The molecule has 18 nitrogen and oxygen atoms in total. The number of nitrogens with zero attached hydrogens (tertiary/aromatic N) is 7. The monoisotopic (exact) mass is 1030 g/mol. The summed E-state index contributed by atoms with van der Waals surface area (Å²) in [6.07, 6.45) is 7.99. The van der Waals surface area contributed by atoms with E-state index in [1.165, 1.54) is 6.07 Å². The van der Waals surface area contributed by atoms with Gasteiger partial charge >= 0.3 is 6.01 Å². The number of anilines is 1. The first-order valence-electron chi connectivity index (χ1n) is 26.9. The number of carbonyl (C=O) groups is 5. The fourth-order valence-corrected chi connectivity index (χ4v) is 13.2. The minimum absolute atomic E-state index is 0.00692. The Morgan fingerprint density at radius 2 is 1.61 bits per heavy atom. The van der Waals surface area contributed by atoms with Crippen LogP contribution >= 0.6 is 0 Å². The Kier molecular flexibility index (Phi) is 11.4. The molecule has 8 aliphatic rings. The van der Waals surface area contributed by atoms with Gasteiger partial charge in [-0.05, 0) is 110 Å². The third-order valence-electron chi connectivity index (χ3n) is 17.2. The second-order valence-electron chi connectivity index (χ2n) is 22.0. The molecular weight excluding hydrogens is 972 g/mol. The quantitative estimate of drug-likeness (QED) is 0.119. The zero-order valence-corrected chi connectivity index (χ0v) is 42.1. The van der Waals surface area contributed by atoms with Crippen LogP contribution in [0.4, 0.5) is 10.2 Å². The normalized spacial score (nSPS) is 24.6. The van der Waals surface area contributed by atoms with Crippen LogP contribution in [0.2, 0.25) is 0 Å². The minimum Gasteiger partial charge on any atom is -0.486 e. The molecule has 7 fully saturated rings. The van der Waals surface area contributed by atoms with Gasteiger partial charge in [-0.25, -0.2) is 4.39 Å². The van der Waals surface area contributed by atoms with Crippen LogP contribution in [0.5, 0.6) is 11.8 Å². The molecule has 390 valence electrons. The molecule has 0 radical (unpaired) electrons. The van der Waals surface area contributed by atoms with Gasteiger partial charge in [-0.15, -0.1) is 0 Å². The lowest BCUT2D eigenvalue weighted by Crippen LogP contribution is -2.55. The highest BCUT2D eigenvalue weighted by atomic mass is 19.1. The predicted octanol–water partition coefficient (Wildman–Crippen LogP) is 6.08. The largest absolute Gasteiger partial charge is 0.486 e. The molecule has 7 aliphatic heterocycles. The number of carbonyl (C=O) groups excluding carboxylic acids is 5. The SMILES string of the molecule is Cc1c(F)cc2[nH]ncc2c1-c1c(C2CC2)cc2c(N3C[C@@H]4C[C@H]3CN4)nc(OC3CCOCC3)nc2c1OCc1ccc(C(=O)N2C3CCC2CN(Cc2ccc4c(c2)C(=O)N(C2CCC(=O)NC2=O)C4=O)C3)cc1. The smallest absolute Gasteiger partial charge is 0.319 e. The molecule has 2 aromatic heterocycles. The number of benzene rings is 4. The van der Waals surface area contributed by atoms with Gasteiger partial charge < -0.3 is 29.3 Å².